The van der Waals surface area contributed by atoms with Crippen molar-refractivity contribution in [1.29, 1.82) is 0 Å². The normalized spacial score (nSPS) is 10.7. The van der Waals surface area contributed by atoms with Gasteiger partial charge in [0.1, 0.15) is 0 Å². The highest BCUT2D eigenvalue weighted by Crippen LogP contribution is 2.14. The Hall–Kier alpha value is -2.04. The van der Waals surface area contributed by atoms with E-state index in [2.05, 4.69) is 10.7 Å². The van der Waals surface area contributed by atoms with Crippen LogP contribution in [-0.2, 0) is 0 Å². The van der Waals surface area contributed by atoms with Gasteiger partial charge >= 0.3 is 6.03 Å². The minimum Gasteiger partial charge on any atom is -0.340 e. The first-order valence-corrected chi connectivity index (χ1v) is 5.74. The molecule has 0 aliphatic rings. The Kier molecular flexibility index (Phi) is 4.31. The van der Waals surface area contributed by atoms with Gasteiger partial charge in [-0.3, -0.25) is 4.79 Å². The minimum atomic E-state index is -0.514. The molecular weight excluding hydrogens is 230 g/mol. The van der Waals surface area contributed by atoms with Crippen molar-refractivity contribution in [3.63, 3.8) is 0 Å². The second-order valence-electron chi connectivity index (χ2n) is 4.87. The number of hydrazine groups is 1. The van der Waals surface area contributed by atoms with E-state index in [1.807, 2.05) is 26.8 Å². The minimum absolute atomic E-state index is 0.244. The van der Waals surface area contributed by atoms with Gasteiger partial charge in [-0.25, -0.2) is 15.2 Å². The fourth-order valence-electron chi connectivity index (χ4n) is 1.39. The number of benzene rings is 1. The van der Waals surface area contributed by atoms with Crippen molar-refractivity contribution in [2.24, 2.45) is 0 Å². The molecule has 0 atom stereocenters. The molecule has 18 heavy (non-hydrogen) atoms. The smallest absolute Gasteiger partial charge is 0.333 e. The Labute approximate surface area is 107 Å². The summed E-state index contributed by atoms with van der Waals surface area (Å²) in [5, 5.41) is 3.75. The van der Waals surface area contributed by atoms with Crippen LogP contribution in [0.4, 0.5) is 4.79 Å². The molecule has 0 aromatic heterocycles. The SMILES string of the molecule is CNC(=O)NN(C(=O)c1ccccc1)C(C)(C)C. The van der Waals surface area contributed by atoms with E-state index in [1.165, 1.54) is 12.1 Å². The van der Waals surface area contributed by atoms with E-state index in [-0.39, 0.29) is 5.91 Å². The highest BCUT2D eigenvalue weighted by Gasteiger charge is 2.28. The molecule has 0 saturated heterocycles. The summed E-state index contributed by atoms with van der Waals surface area (Å²) in [6.45, 7) is 5.55. The lowest BCUT2D eigenvalue weighted by Gasteiger charge is -2.35. The first-order chi connectivity index (χ1) is 8.36. The molecular formula is C13H19N3O2. The summed E-state index contributed by atoms with van der Waals surface area (Å²) in [6.07, 6.45) is 0. The third kappa shape index (κ3) is 3.48. The van der Waals surface area contributed by atoms with Crippen molar-refractivity contribution in [3.8, 4) is 0 Å². The summed E-state index contributed by atoms with van der Waals surface area (Å²) in [5.74, 6) is -0.244. The summed E-state index contributed by atoms with van der Waals surface area (Å²) in [4.78, 5) is 23.7. The molecule has 5 nitrogen and oxygen atoms in total. The summed E-state index contributed by atoms with van der Waals surface area (Å²) < 4.78 is 0. The van der Waals surface area contributed by atoms with Crippen molar-refractivity contribution in [2.75, 3.05) is 7.05 Å². The molecule has 0 spiro atoms. The Bertz CT molecular complexity index is 424. The van der Waals surface area contributed by atoms with Crippen LogP contribution in [0.25, 0.3) is 0 Å². The zero-order valence-electron chi connectivity index (χ0n) is 11.2. The largest absolute Gasteiger partial charge is 0.340 e. The van der Waals surface area contributed by atoms with Gasteiger partial charge in [0.05, 0.1) is 5.54 Å². The van der Waals surface area contributed by atoms with E-state index in [0.29, 0.717) is 5.56 Å². The number of rotatable bonds is 1. The molecule has 3 amide bonds. The van der Waals surface area contributed by atoms with Crippen LogP contribution in [0.1, 0.15) is 31.1 Å². The lowest BCUT2D eigenvalue weighted by atomic mass is 10.1. The monoisotopic (exact) mass is 249 g/mol. The fourth-order valence-corrected chi connectivity index (χ4v) is 1.39. The zero-order chi connectivity index (χ0) is 13.8. The summed E-state index contributed by atoms with van der Waals surface area (Å²) in [6, 6.07) is 8.42. The van der Waals surface area contributed by atoms with Gasteiger partial charge < -0.3 is 5.32 Å². The van der Waals surface area contributed by atoms with E-state index < -0.39 is 11.6 Å². The maximum absolute atomic E-state index is 12.3. The van der Waals surface area contributed by atoms with Gasteiger partial charge in [0.2, 0.25) is 0 Å². The molecule has 98 valence electrons. The van der Waals surface area contributed by atoms with Crippen molar-refractivity contribution < 1.29 is 9.59 Å². The molecule has 2 N–H and O–H groups in total. The molecule has 0 aliphatic carbocycles. The summed E-state index contributed by atoms with van der Waals surface area (Å²) in [7, 11) is 1.50. The Morgan fingerprint density at radius 3 is 2.11 bits per heavy atom. The zero-order valence-corrected chi connectivity index (χ0v) is 11.2. The molecule has 0 saturated carbocycles. The van der Waals surface area contributed by atoms with Crippen molar-refractivity contribution in [3.05, 3.63) is 35.9 Å². The van der Waals surface area contributed by atoms with Gasteiger partial charge in [-0.1, -0.05) is 18.2 Å². The van der Waals surface area contributed by atoms with Gasteiger partial charge in [0.25, 0.3) is 5.91 Å². The fraction of sp³-hybridized carbons (Fsp3) is 0.385. The van der Waals surface area contributed by atoms with Crippen LogP contribution >= 0.6 is 0 Å². The molecule has 5 heteroatoms. The highest BCUT2D eigenvalue weighted by atomic mass is 16.2. The second-order valence-corrected chi connectivity index (χ2v) is 4.87. The molecule has 0 heterocycles. The van der Waals surface area contributed by atoms with Crippen molar-refractivity contribution >= 4 is 11.9 Å². The summed E-state index contributed by atoms with van der Waals surface area (Å²) >= 11 is 0. The third-order valence-corrected chi connectivity index (χ3v) is 2.34. The number of carbonyl (C=O) groups excluding carboxylic acids is 2. The number of hydrogen-bond donors (Lipinski definition) is 2. The van der Waals surface area contributed by atoms with Gasteiger partial charge in [-0.15, -0.1) is 0 Å². The topological polar surface area (TPSA) is 61.4 Å². The van der Waals surface area contributed by atoms with E-state index in [9.17, 15) is 9.59 Å². The van der Waals surface area contributed by atoms with Crippen molar-refractivity contribution in [1.82, 2.24) is 15.8 Å². The highest BCUT2D eigenvalue weighted by molar-refractivity contribution is 5.95. The van der Waals surface area contributed by atoms with Crippen molar-refractivity contribution in [2.45, 2.75) is 26.3 Å². The first kappa shape index (κ1) is 14.0. The quantitative estimate of drug-likeness (QED) is 0.745. The predicted octanol–water partition coefficient (Wildman–Crippen LogP) is 1.77. The van der Waals surface area contributed by atoms with Crippen LogP contribution in [-0.4, -0.2) is 29.5 Å². The van der Waals surface area contributed by atoms with Crippen LogP contribution in [0.3, 0.4) is 0 Å². The third-order valence-electron chi connectivity index (χ3n) is 2.34. The molecule has 0 fully saturated rings. The van der Waals surface area contributed by atoms with Gasteiger partial charge in [-0.2, -0.15) is 0 Å². The number of hydrogen-bond acceptors (Lipinski definition) is 2. The van der Waals surface area contributed by atoms with Gasteiger partial charge in [0.15, 0.2) is 0 Å². The Morgan fingerprint density at radius 2 is 1.67 bits per heavy atom. The second kappa shape index (κ2) is 5.53. The number of nitrogens with one attached hydrogen (secondary N) is 2. The predicted molar refractivity (Wildman–Crippen MR) is 70.0 cm³/mol. The molecule has 1 rings (SSSR count). The molecule has 0 bridgehead atoms. The summed E-state index contributed by atoms with van der Waals surface area (Å²) in [5.41, 5.74) is 2.56. The molecule has 1 aromatic carbocycles. The Morgan fingerprint density at radius 1 is 1.11 bits per heavy atom. The van der Waals surface area contributed by atoms with Gasteiger partial charge in [-0.05, 0) is 32.9 Å². The lowest BCUT2D eigenvalue weighted by molar-refractivity contribution is 0.0452. The van der Waals surface area contributed by atoms with Crippen LogP contribution in [0.2, 0.25) is 0 Å². The van der Waals surface area contributed by atoms with E-state index >= 15 is 0 Å². The number of amides is 3. The average molecular weight is 249 g/mol. The molecule has 0 radical (unpaired) electrons. The van der Waals surface area contributed by atoms with Crippen LogP contribution in [0.15, 0.2) is 30.3 Å². The molecule has 1 aromatic rings. The van der Waals surface area contributed by atoms with Crippen LogP contribution in [0, 0.1) is 0 Å². The molecule has 0 aliphatic heterocycles. The average Bonchev–Trinajstić information content (AvgIpc) is 2.34. The number of urea groups is 1. The first-order valence-electron chi connectivity index (χ1n) is 5.74. The molecule has 0 unspecified atom stereocenters. The van der Waals surface area contributed by atoms with Gasteiger partial charge in [0, 0.05) is 12.6 Å². The number of carbonyl (C=O) groups is 2. The Balaban J connectivity index is 2.97. The standard InChI is InChI=1S/C13H19N3O2/c1-13(2,3)16(15-12(18)14-4)11(17)10-8-6-5-7-9-10/h5-9H,1-4H3,(H2,14,15,18). The van der Waals surface area contributed by atoms with Crippen LogP contribution < -0.4 is 10.7 Å². The van der Waals surface area contributed by atoms with E-state index in [4.69, 9.17) is 0 Å². The number of nitrogens with zero attached hydrogens (tertiary/aromatic N) is 1. The maximum atomic E-state index is 12.3. The maximum Gasteiger partial charge on any atom is 0.333 e. The van der Waals surface area contributed by atoms with E-state index in [0.717, 1.165) is 0 Å². The lowest BCUT2D eigenvalue weighted by Crippen LogP contribution is -2.57. The van der Waals surface area contributed by atoms with E-state index in [1.54, 1.807) is 24.3 Å². The van der Waals surface area contributed by atoms with Crippen LogP contribution in [0.5, 0.6) is 0 Å².